The molecule has 0 bridgehead atoms. The number of carbonyl (C=O) groups is 2. The molecule has 1 fully saturated rings. The monoisotopic (exact) mass is 264 g/mol. The van der Waals surface area contributed by atoms with Crippen molar-refractivity contribution in [2.75, 3.05) is 20.8 Å². The van der Waals surface area contributed by atoms with Gasteiger partial charge in [-0.3, -0.25) is 9.59 Å². The van der Waals surface area contributed by atoms with E-state index in [9.17, 15) is 9.59 Å². The average Bonchev–Trinajstić information content (AvgIpc) is 2.76. The first kappa shape index (κ1) is 13.5. The highest BCUT2D eigenvalue weighted by atomic mass is 16.6. The summed E-state index contributed by atoms with van der Waals surface area (Å²) in [4.78, 5) is 23.6. The van der Waals surface area contributed by atoms with Crippen LogP contribution in [0.3, 0.4) is 0 Å². The van der Waals surface area contributed by atoms with Gasteiger partial charge in [0.2, 0.25) is 0 Å². The molecule has 0 saturated carbocycles. The molecule has 1 heterocycles. The third-order valence-electron chi connectivity index (χ3n) is 3.26. The minimum atomic E-state index is -0.921. The van der Waals surface area contributed by atoms with Crippen LogP contribution in [0.4, 0.5) is 0 Å². The molecule has 0 aliphatic carbocycles. The van der Waals surface area contributed by atoms with Gasteiger partial charge >= 0.3 is 11.9 Å². The lowest BCUT2D eigenvalue weighted by atomic mass is 9.88. The Morgan fingerprint density at radius 2 is 1.95 bits per heavy atom. The van der Waals surface area contributed by atoms with Gasteiger partial charge in [0, 0.05) is 13.0 Å². The summed E-state index contributed by atoms with van der Waals surface area (Å²) in [6, 6.07) is 9.32. The summed E-state index contributed by atoms with van der Waals surface area (Å²) in [5.41, 5.74) is 0.851. The van der Waals surface area contributed by atoms with Gasteiger partial charge in [0.05, 0.1) is 13.7 Å². The molecule has 0 radical (unpaired) electrons. The topological polar surface area (TPSA) is 61.8 Å². The van der Waals surface area contributed by atoms with Crippen molar-refractivity contribution in [3.05, 3.63) is 35.9 Å². The van der Waals surface area contributed by atoms with E-state index in [1.807, 2.05) is 30.3 Å². The molecule has 0 aromatic heterocycles. The van der Waals surface area contributed by atoms with Crippen molar-refractivity contribution in [2.45, 2.75) is 6.10 Å². The Morgan fingerprint density at radius 1 is 1.26 bits per heavy atom. The second kappa shape index (κ2) is 5.84. The predicted molar refractivity (Wildman–Crippen MR) is 66.1 cm³/mol. The number of hydrogen-bond acceptors (Lipinski definition) is 5. The second-order valence-electron chi connectivity index (χ2n) is 4.39. The predicted octanol–water partition coefficient (Wildman–Crippen LogP) is 1.34. The molecular weight excluding hydrogens is 248 g/mol. The number of benzene rings is 1. The number of esters is 2. The van der Waals surface area contributed by atoms with Crippen molar-refractivity contribution in [3.8, 4) is 0 Å². The van der Waals surface area contributed by atoms with Crippen LogP contribution in [0.1, 0.15) is 11.7 Å². The quantitative estimate of drug-likeness (QED) is 0.606. The maximum Gasteiger partial charge on any atom is 0.321 e. The summed E-state index contributed by atoms with van der Waals surface area (Å²) >= 11 is 0. The fraction of sp³-hybridized carbons (Fsp3) is 0.429. The third kappa shape index (κ3) is 2.61. The van der Waals surface area contributed by atoms with Crippen LogP contribution in [0, 0.1) is 11.8 Å². The van der Waals surface area contributed by atoms with Gasteiger partial charge in [0.25, 0.3) is 0 Å². The highest BCUT2D eigenvalue weighted by molar-refractivity contribution is 5.96. The van der Waals surface area contributed by atoms with E-state index in [0.29, 0.717) is 0 Å². The molecule has 3 atom stereocenters. The molecule has 0 spiro atoms. The maximum absolute atomic E-state index is 11.9. The van der Waals surface area contributed by atoms with E-state index in [2.05, 4.69) is 4.74 Å². The molecule has 0 N–H and O–H groups in total. The number of carbonyl (C=O) groups excluding carboxylic acids is 2. The van der Waals surface area contributed by atoms with Gasteiger partial charge in [0.1, 0.15) is 6.10 Å². The lowest BCUT2D eigenvalue weighted by Crippen LogP contribution is -2.30. The van der Waals surface area contributed by atoms with Crippen LogP contribution in [0.5, 0.6) is 0 Å². The molecule has 5 nitrogen and oxygen atoms in total. The van der Waals surface area contributed by atoms with Crippen molar-refractivity contribution in [3.63, 3.8) is 0 Å². The van der Waals surface area contributed by atoms with Gasteiger partial charge < -0.3 is 14.2 Å². The molecule has 2 rings (SSSR count). The SMILES string of the molecule is COCC1C(C(=O)OC)C(=O)OC1c1ccccc1. The van der Waals surface area contributed by atoms with Gasteiger partial charge in [-0.15, -0.1) is 0 Å². The van der Waals surface area contributed by atoms with E-state index < -0.39 is 24.0 Å². The zero-order chi connectivity index (χ0) is 13.8. The number of hydrogen-bond donors (Lipinski definition) is 0. The molecule has 19 heavy (non-hydrogen) atoms. The maximum atomic E-state index is 11.9. The summed E-state index contributed by atoms with van der Waals surface area (Å²) < 4.78 is 15.1. The number of methoxy groups -OCH3 is 2. The van der Waals surface area contributed by atoms with Gasteiger partial charge in [0.15, 0.2) is 5.92 Å². The Hall–Kier alpha value is -1.88. The Labute approximate surface area is 111 Å². The minimum Gasteiger partial charge on any atom is -0.468 e. The van der Waals surface area contributed by atoms with Crippen molar-refractivity contribution in [2.24, 2.45) is 11.8 Å². The van der Waals surface area contributed by atoms with Gasteiger partial charge in [-0.25, -0.2) is 0 Å². The Balaban J connectivity index is 2.30. The number of cyclic esters (lactones) is 1. The molecule has 102 valence electrons. The Bertz CT molecular complexity index is 456. The van der Waals surface area contributed by atoms with Crippen LogP contribution < -0.4 is 0 Å². The molecule has 1 aromatic rings. The molecule has 1 aliphatic rings. The fourth-order valence-corrected chi connectivity index (χ4v) is 2.37. The van der Waals surface area contributed by atoms with Crippen molar-refractivity contribution in [1.29, 1.82) is 0 Å². The first-order valence-electron chi connectivity index (χ1n) is 6.01. The van der Waals surface area contributed by atoms with Crippen LogP contribution in [-0.2, 0) is 23.8 Å². The largest absolute Gasteiger partial charge is 0.468 e. The lowest BCUT2D eigenvalue weighted by molar-refractivity contribution is -0.155. The van der Waals surface area contributed by atoms with Crippen LogP contribution >= 0.6 is 0 Å². The smallest absolute Gasteiger partial charge is 0.321 e. The Morgan fingerprint density at radius 3 is 2.53 bits per heavy atom. The van der Waals surface area contributed by atoms with Crippen LogP contribution in [0.15, 0.2) is 30.3 Å². The lowest BCUT2D eigenvalue weighted by Gasteiger charge is -2.19. The van der Waals surface area contributed by atoms with Gasteiger partial charge in [-0.05, 0) is 5.56 Å². The van der Waals surface area contributed by atoms with E-state index >= 15 is 0 Å². The zero-order valence-corrected chi connectivity index (χ0v) is 10.9. The fourth-order valence-electron chi connectivity index (χ4n) is 2.37. The zero-order valence-electron chi connectivity index (χ0n) is 10.9. The molecule has 5 heteroatoms. The molecule has 3 unspecified atom stereocenters. The average molecular weight is 264 g/mol. The number of ether oxygens (including phenoxy) is 3. The first-order chi connectivity index (χ1) is 9.19. The van der Waals surface area contributed by atoms with Crippen molar-refractivity contribution >= 4 is 11.9 Å². The van der Waals surface area contributed by atoms with Crippen LogP contribution in [0.2, 0.25) is 0 Å². The molecule has 1 saturated heterocycles. The number of rotatable bonds is 4. The molecule has 1 aromatic carbocycles. The van der Waals surface area contributed by atoms with Crippen molar-refractivity contribution < 1.29 is 23.8 Å². The van der Waals surface area contributed by atoms with Crippen LogP contribution in [-0.4, -0.2) is 32.8 Å². The Kier molecular flexibility index (Phi) is 4.16. The highest BCUT2D eigenvalue weighted by Crippen LogP contribution is 2.39. The van der Waals surface area contributed by atoms with Crippen molar-refractivity contribution in [1.82, 2.24) is 0 Å². The summed E-state index contributed by atoms with van der Waals surface area (Å²) in [6.45, 7) is 0.255. The summed E-state index contributed by atoms with van der Waals surface area (Å²) in [5, 5.41) is 0. The standard InChI is InChI=1S/C14H16O5/c1-17-8-10-11(13(15)18-2)14(16)19-12(10)9-6-4-3-5-7-9/h3-7,10-12H,8H2,1-2H3. The second-order valence-corrected chi connectivity index (χ2v) is 4.39. The summed E-state index contributed by atoms with van der Waals surface area (Å²) in [6.07, 6.45) is -0.474. The van der Waals surface area contributed by atoms with E-state index in [4.69, 9.17) is 9.47 Å². The van der Waals surface area contributed by atoms with Crippen LogP contribution in [0.25, 0.3) is 0 Å². The minimum absolute atomic E-state index is 0.255. The van der Waals surface area contributed by atoms with Gasteiger partial charge in [-0.2, -0.15) is 0 Å². The van der Waals surface area contributed by atoms with E-state index in [-0.39, 0.29) is 12.5 Å². The first-order valence-corrected chi connectivity index (χ1v) is 6.01. The normalized spacial score (nSPS) is 26.0. The molecule has 0 amide bonds. The third-order valence-corrected chi connectivity index (χ3v) is 3.26. The van der Waals surface area contributed by atoms with E-state index in [0.717, 1.165) is 5.56 Å². The van der Waals surface area contributed by atoms with Gasteiger partial charge in [-0.1, -0.05) is 30.3 Å². The van der Waals surface area contributed by atoms with E-state index in [1.54, 1.807) is 0 Å². The van der Waals surface area contributed by atoms with E-state index in [1.165, 1.54) is 14.2 Å². The molecular formula is C14H16O5. The highest BCUT2D eigenvalue weighted by Gasteiger charge is 2.50. The summed E-state index contributed by atoms with van der Waals surface area (Å²) in [7, 11) is 2.79. The molecule has 1 aliphatic heterocycles. The summed E-state index contributed by atoms with van der Waals surface area (Å²) in [5.74, 6) is -2.42.